The third-order valence-corrected chi connectivity index (χ3v) is 11.2. The molecule has 8 unspecified atom stereocenters. The number of fused-ring (bicyclic) bond motifs is 7. The first-order chi connectivity index (χ1) is 12.4. The number of hydrogen-bond acceptors (Lipinski definition) is 0. The fourth-order valence-electron chi connectivity index (χ4n) is 9.36. The van der Waals surface area contributed by atoms with E-state index in [-0.39, 0.29) is 0 Å². The summed E-state index contributed by atoms with van der Waals surface area (Å²) in [6.45, 7) is 10.7. The molecule has 146 valence electrons. The van der Waals surface area contributed by atoms with Gasteiger partial charge in [0.1, 0.15) is 0 Å². The van der Waals surface area contributed by atoms with Gasteiger partial charge in [-0.25, -0.2) is 0 Å². The fourth-order valence-corrected chi connectivity index (χ4v) is 9.36. The van der Waals surface area contributed by atoms with E-state index in [4.69, 9.17) is 0 Å². The Bertz CT molecular complexity index is 601. The summed E-state index contributed by atoms with van der Waals surface area (Å²) in [6, 6.07) is 0. The lowest BCUT2D eigenvalue weighted by atomic mass is 9.36. The van der Waals surface area contributed by atoms with Crippen molar-refractivity contribution in [3.8, 4) is 0 Å². The van der Waals surface area contributed by atoms with Gasteiger partial charge in [-0.1, -0.05) is 58.6 Å². The topological polar surface area (TPSA) is 0 Å². The van der Waals surface area contributed by atoms with Crippen LogP contribution in [0.4, 0.5) is 0 Å². The molecule has 5 aliphatic carbocycles. The van der Waals surface area contributed by atoms with Gasteiger partial charge in [-0.2, -0.15) is 0 Å². The fraction of sp³-hybridized carbons (Fsp3) is 0.923. The molecule has 0 amide bonds. The molecule has 0 aliphatic heterocycles. The molecule has 0 aromatic carbocycles. The van der Waals surface area contributed by atoms with Crippen molar-refractivity contribution in [3.63, 3.8) is 0 Å². The monoisotopic (exact) mass is 354 g/mol. The summed E-state index contributed by atoms with van der Waals surface area (Å²) >= 11 is 0. The molecule has 0 nitrogen and oxygen atoms in total. The predicted molar refractivity (Wildman–Crippen MR) is 111 cm³/mol. The molecule has 5 rings (SSSR count). The first kappa shape index (κ1) is 17.8. The molecule has 5 aliphatic rings. The van der Waals surface area contributed by atoms with Gasteiger partial charge in [0.2, 0.25) is 0 Å². The minimum atomic E-state index is 0.500. The minimum absolute atomic E-state index is 0.500. The minimum Gasteiger partial charge on any atom is -0.0842 e. The zero-order chi connectivity index (χ0) is 18.2. The molecule has 0 saturated heterocycles. The number of allylic oxidation sites excluding steroid dienone is 2. The van der Waals surface area contributed by atoms with Crippen LogP contribution in [-0.2, 0) is 0 Å². The van der Waals surface area contributed by atoms with Gasteiger partial charge in [-0.05, 0) is 104 Å². The standard InChI is InChI=1S/C26H42/c1-18-8-9-19-12-15-25(3)22(21(19)17-18)10-11-23-24(2)14-6-5-7-20(24)13-16-26(23,25)4/h10,18-21,23H,5-9,11-17H2,1-4H3. The zero-order valence-corrected chi connectivity index (χ0v) is 17.9. The normalized spacial score (nSPS) is 56.5. The molecular formula is C26H42. The SMILES string of the molecule is CC1CCC2CCC3(C)C(=CCC4C5(C)CCCCC5CCC43C)C2C1. The highest BCUT2D eigenvalue weighted by Crippen LogP contribution is 2.72. The number of hydrogen-bond donors (Lipinski definition) is 0. The Morgan fingerprint density at radius 3 is 2.58 bits per heavy atom. The summed E-state index contributed by atoms with van der Waals surface area (Å²) in [4.78, 5) is 0. The van der Waals surface area contributed by atoms with E-state index in [0.29, 0.717) is 16.2 Å². The van der Waals surface area contributed by atoms with Gasteiger partial charge in [0.25, 0.3) is 0 Å². The quantitative estimate of drug-likeness (QED) is 0.389. The largest absolute Gasteiger partial charge is 0.0842 e. The lowest BCUT2D eigenvalue weighted by molar-refractivity contribution is -0.146. The van der Waals surface area contributed by atoms with Crippen LogP contribution in [0, 0.1) is 45.8 Å². The van der Waals surface area contributed by atoms with E-state index in [9.17, 15) is 0 Å². The molecule has 0 radical (unpaired) electrons. The molecule has 0 heteroatoms. The predicted octanol–water partition coefficient (Wildman–Crippen LogP) is 7.78. The Morgan fingerprint density at radius 1 is 0.885 bits per heavy atom. The summed E-state index contributed by atoms with van der Waals surface area (Å²) in [7, 11) is 0. The van der Waals surface area contributed by atoms with Gasteiger partial charge in [-0.15, -0.1) is 0 Å². The van der Waals surface area contributed by atoms with E-state index < -0.39 is 0 Å². The van der Waals surface area contributed by atoms with Crippen molar-refractivity contribution >= 4 is 0 Å². The van der Waals surface area contributed by atoms with Crippen molar-refractivity contribution in [2.45, 2.75) is 105 Å². The van der Waals surface area contributed by atoms with Crippen LogP contribution in [0.2, 0.25) is 0 Å². The summed E-state index contributed by atoms with van der Waals surface area (Å²) in [5.74, 6) is 4.88. The van der Waals surface area contributed by atoms with Crippen molar-refractivity contribution in [1.82, 2.24) is 0 Å². The van der Waals surface area contributed by atoms with Crippen LogP contribution in [0.1, 0.15) is 105 Å². The summed E-state index contributed by atoms with van der Waals surface area (Å²) in [5.41, 5.74) is 3.65. The summed E-state index contributed by atoms with van der Waals surface area (Å²) < 4.78 is 0. The molecule has 0 N–H and O–H groups in total. The first-order valence-corrected chi connectivity index (χ1v) is 12.1. The third-order valence-electron chi connectivity index (χ3n) is 11.2. The Kier molecular flexibility index (Phi) is 4.02. The van der Waals surface area contributed by atoms with Crippen molar-refractivity contribution < 1.29 is 0 Å². The Morgan fingerprint density at radius 2 is 1.73 bits per heavy atom. The Hall–Kier alpha value is -0.260. The molecule has 0 spiro atoms. The molecule has 0 bridgehead atoms. The lowest BCUT2D eigenvalue weighted by Crippen LogP contribution is -2.60. The maximum absolute atomic E-state index is 2.84. The van der Waals surface area contributed by atoms with Crippen molar-refractivity contribution in [3.05, 3.63) is 11.6 Å². The highest BCUT2D eigenvalue weighted by Gasteiger charge is 2.63. The van der Waals surface area contributed by atoms with E-state index in [1.807, 2.05) is 5.57 Å². The maximum atomic E-state index is 2.84. The summed E-state index contributed by atoms with van der Waals surface area (Å²) in [6.07, 6.45) is 20.8. The molecule has 4 saturated carbocycles. The van der Waals surface area contributed by atoms with Gasteiger partial charge in [-0.3, -0.25) is 0 Å². The average Bonchev–Trinajstić information content (AvgIpc) is 2.61. The molecule has 0 heterocycles. The van der Waals surface area contributed by atoms with Crippen LogP contribution in [-0.4, -0.2) is 0 Å². The van der Waals surface area contributed by atoms with Gasteiger partial charge in [0.15, 0.2) is 0 Å². The Balaban J connectivity index is 1.55. The van der Waals surface area contributed by atoms with Crippen molar-refractivity contribution in [2.75, 3.05) is 0 Å². The lowest BCUT2D eigenvalue weighted by Gasteiger charge is -2.68. The molecule has 4 fully saturated rings. The second-order valence-electron chi connectivity index (χ2n) is 12.0. The van der Waals surface area contributed by atoms with Crippen LogP contribution in [0.25, 0.3) is 0 Å². The highest BCUT2D eigenvalue weighted by atomic mass is 14.7. The van der Waals surface area contributed by atoms with Gasteiger partial charge >= 0.3 is 0 Å². The van der Waals surface area contributed by atoms with E-state index >= 15 is 0 Å². The second kappa shape index (κ2) is 5.87. The van der Waals surface area contributed by atoms with E-state index in [0.717, 1.165) is 29.6 Å². The van der Waals surface area contributed by atoms with Gasteiger partial charge in [0, 0.05) is 0 Å². The third kappa shape index (κ3) is 2.20. The van der Waals surface area contributed by atoms with Crippen LogP contribution < -0.4 is 0 Å². The van der Waals surface area contributed by atoms with Gasteiger partial charge in [0.05, 0.1) is 0 Å². The maximum Gasteiger partial charge on any atom is -0.00567 e. The average molecular weight is 355 g/mol. The second-order valence-corrected chi connectivity index (χ2v) is 12.0. The van der Waals surface area contributed by atoms with Crippen LogP contribution in [0.3, 0.4) is 0 Å². The molecule has 26 heavy (non-hydrogen) atoms. The van der Waals surface area contributed by atoms with Gasteiger partial charge < -0.3 is 0 Å². The van der Waals surface area contributed by atoms with Crippen LogP contribution >= 0.6 is 0 Å². The molecule has 0 aromatic rings. The van der Waals surface area contributed by atoms with E-state index in [1.54, 1.807) is 0 Å². The van der Waals surface area contributed by atoms with Crippen LogP contribution in [0.15, 0.2) is 11.6 Å². The Labute approximate surface area is 162 Å². The van der Waals surface area contributed by atoms with Crippen molar-refractivity contribution in [1.29, 1.82) is 0 Å². The zero-order valence-electron chi connectivity index (χ0n) is 17.9. The number of rotatable bonds is 0. The van der Waals surface area contributed by atoms with E-state index in [1.165, 1.54) is 77.0 Å². The molecule has 0 aromatic heterocycles. The molecule has 8 atom stereocenters. The summed E-state index contributed by atoms with van der Waals surface area (Å²) in [5, 5.41) is 0. The smallest absolute Gasteiger partial charge is 0.00567 e. The van der Waals surface area contributed by atoms with E-state index in [2.05, 4.69) is 33.8 Å². The first-order valence-electron chi connectivity index (χ1n) is 12.1. The van der Waals surface area contributed by atoms with Crippen molar-refractivity contribution in [2.24, 2.45) is 45.8 Å². The molecular weight excluding hydrogens is 312 g/mol. The highest BCUT2D eigenvalue weighted by molar-refractivity contribution is 5.31. The van der Waals surface area contributed by atoms with Crippen LogP contribution in [0.5, 0.6) is 0 Å².